The van der Waals surface area contributed by atoms with Crippen LogP contribution in [0.3, 0.4) is 0 Å². The van der Waals surface area contributed by atoms with Gasteiger partial charge in [-0.25, -0.2) is 4.98 Å². The first-order chi connectivity index (χ1) is 9.35. The molecule has 3 nitrogen and oxygen atoms in total. The van der Waals surface area contributed by atoms with E-state index >= 15 is 0 Å². The van der Waals surface area contributed by atoms with Crippen molar-refractivity contribution < 1.29 is 0 Å². The lowest BCUT2D eigenvalue weighted by molar-refractivity contribution is 0.955. The van der Waals surface area contributed by atoms with Crippen molar-refractivity contribution in [2.24, 2.45) is 0 Å². The van der Waals surface area contributed by atoms with Crippen molar-refractivity contribution in [3.63, 3.8) is 0 Å². The molecule has 0 spiro atoms. The van der Waals surface area contributed by atoms with Gasteiger partial charge in [-0.15, -0.1) is 21.5 Å². The van der Waals surface area contributed by atoms with Crippen LogP contribution in [0.5, 0.6) is 0 Å². The molecule has 0 unspecified atom stereocenters. The van der Waals surface area contributed by atoms with E-state index in [2.05, 4.69) is 37.4 Å². The highest BCUT2D eigenvalue weighted by Gasteiger charge is 2.08. The maximum atomic E-state index is 4.65. The quantitative estimate of drug-likeness (QED) is 0.626. The normalized spacial score (nSPS) is 11.0. The van der Waals surface area contributed by atoms with Crippen LogP contribution in [0.4, 0.5) is 0 Å². The average Bonchev–Trinajstić information content (AvgIpc) is 3.16. The van der Waals surface area contributed by atoms with Crippen LogP contribution < -0.4 is 0 Å². The van der Waals surface area contributed by atoms with Crippen molar-refractivity contribution in [3.8, 4) is 10.6 Å². The van der Waals surface area contributed by atoms with Crippen molar-refractivity contribution in [2.45, 2.75) is 14.4 Å². The lowest BCUT2D eigenvalue weighted by atomic mass is 10.4. The van der Waals surface area contributed by atoms with E-state index < -0.39 is 0 Å². The SMILES string of the molecule is CSc1nnc(SCc2csc(-c3ccsc3)n2)s1. The molecule has 0 saturated heterocycles. The van der Waals surface area contributed by atoms with Crippen molar-refractivity contribution in [3.05, 3.63) is 27.9 Å². The van der Waals surface area contributed by atoms with Gasteiger partial charge in [-0.05, 0) is 17.7 Å². The molecule has 0 aliphatic carbocycles. The Kier molecular flexibility index (Phi) is 4.54. The summed E-state index contributed by atoms with van der Waals surface area (Å²) < 4.78 is 2.02. The van der Waals surface area contributed by atoms with E-state index in [1.165, 1.54) is 5.56 Å². The molecule has 0 radical (unpaired) electrons. The summed E-state index contributed by atoms with van der Waals surface area (Å²) in [5, 5.41) is 15.7. The van der Waals surface area contributed by atoms with Crippen LogP contribution in [0.15, 0.2) is 30.9 Å². The van der Waals surface area contributed by atoms with Crippen molar-refractivity contribution in [1.82, 2.24) is 15.2 Å². The van der Waals surface area contributed by atoms with Gasteiger partial charge in [-0.1, -0.05) is 34.9 Å². The molecule has 3 heterocycles. The van der Waals surface area contributed by atoms with Gasteiger partial charge in [0.1, 0.15) is 5.01 Å². The Hall–Kier alpha value is -0.410. The second-order valence-corrected chi connectivity index (χ2v) is 8.37. The molecule has 0 N–H and O–H groups in total. The molecule has 0 amide bonds. The molecule has 19 heavy (non-hydrogen) atoms. The maximum absolute atomic E-state index is 4.65. The van der Waals surface area contributed by atoms with Crippen LogP contribution in [-0.2, 0) is 5.75 Å². The van der Waals surface area contributed by atoms with Crippen LogP contribution in [0.2, 0.25) is 0 Å². The second kappa shape index (κ2) is 6.36. The zero-order valence-corrected chi connectivity index (χ0v) is 14.0. The molecule has 0 atom stereocenters. The van der Waals surface area contributed by atoms with E-state index in [0.717, 1.165) is 25.1 Å². The van der Waals surface area contributed by atoms with Gasteiger partial charge in [0.25, 0.3) is 0 Å². The number of hydrogen-bond acceptors (Lipinski definition) is 8. The third kappa shape index (κ3) is 3.38. The molecular formula is C11H9N3S5. The Labute approximate surface area is 131 Å². The van der Waals surface area contributed by atoms with Gasteiger partial charge in [-0.2, -0.15) is 11.3 Å². The highest BCUT2D eigenvalue weighted by Crippen LogP contribution is 2.31. The van der Waals surface area contributed by atoms with Gasteiger partial charge in [0.2, 0.25) is 0 Å². The standard InChI is InChI=1S/C11H9N3S5/c1-15-10-13-14-11(19-10)18-6-8-5-17-9(12-8)7-2-3-16-4-7/h2-5H,6H2,1H3. The first kappa shape index (κ1) is 13.6. The zero-order chi connectivity index (χ0) is 13.1. The Morgan fingerprint density at radius 3 is 2.84 bits per heavy atom. The molecule has 98 valence electrons. The van der Waals surface area contributed by atoms with Crippen LogP contribution in [-0.4, -0.2) is 21.4 Å². The van der Waals surface area contributed by atoms with E-state index in [9.17, 15) is 0 Å². The molecule has 8 heteroatoms. The summed E-state index contributed by atoms with van der Waals surface area (Å²) >= 11 is 8.37. The molecular weight excluding hydrogens is 334 g/mol. The minimum Gasteiger partial charge on any atom is -0.240 e. The van der Waals surface area contributed by atoms with Gasteiger partial charge >= 0.3 is 0 Å². The summed E-state index contributed by atoms with van der Waals surface area (Å²) in [6.07, 6.45) is 2.02. The first-order valence-corrected chi connectivity index (χ1v) is 10.2. The molecule has 3 rings (SSSR count). The molecule has 3 aromatic rings. The third-order valence-electron chi connectivity index (χ3n) is 2.23. The number of thioether (sulfide) groups is 2. The van der Waals surface area contributed by atoms with Crippen molar-refractivity contribution in [1.29, 1.82) is 0 Å². The zero-order valence-electron chi connectivity index (χ0n) is 9.90. The highest BCUT2D eigenvalue weighted by molar-refractivity contribution is 8.02. The van der Waals surface area contributed by atoms with E-state index in [1.807, 2.05) is 6.26 Å². The van der Waals surface area contributed by atoms with Gasteiger partial charge in [0, 0.05) is 22.1 Å². The fourth-order valence-electron chi connectivity index (χ4n) is 1.37. The number of rotatable bonds is 5. The van der Waals surface area contributed by atoms with Gasteiger partial charge in [0.05, 0.1) is 5.69 Å². The Morgan fingerprint density at radius 1 is 1.21 bits per heavy atom. The minimum atomic E-state index is 0.851. The van der Waals surface area contributed by atoms with Gasteiger partial charge < -0.3 is 0 Å². The minimum absolute atomic E-state index is 0.851. The maximum Gasteiger partial charge on any atom is 0.175 e. The Bertz CT molecular complexity index is 643. The first-order valence-electron chi connectivity index (χ1n) is 5.32. The van der Waals surface area contributed by atoms with Crippen LogP contribution in [0.1, 0.15) is 5.69 Å². The molecule has 0 fully saturated rings. The van der Waals surface area contributed by atoms with Gasteiger partial charge in [0.15, 0.2) is 8.68 Å². The molecule has 0 aliphatic rings. The summed E-state index contributed by atoms with van der Waals surface area (Å²) in [5.74, 6) is 0.851. The monoisotopic (exact) mass is 343 g/mol. The summed E-state index contributed by atoms with van der Waals surface area (Å²) in [5.41, 5.74) is 2.32. The molecule has 3 aromatic heterocycles. The van der Waals surface area contributed by atoms with Crippen molar-refractivity contribution in [2.75, 3.05) is 6.26 Å². The van der Waals surface area contributed by atoms with E-state index in [1.54, 1.807) is 57.5 Å². The van der Waals surface area contributed by atoms with Crippen LogP contribution in [0.25, 0.3) is 10.6 Å². The van der Waals surface area contributed by atoms with Crippen molar-refractivity contribution >= 4 is 57.5 Å². The topological polar surface area (TPSA) is 38.7 Å². The number of nitrogens with zero attached hydrogens (tertiary/aromatic N) is 3. The summed E-state index contributed by atoms with van der Waals surface area (Å²) in [6, 6.07) is 2.11. The smallest absolute Gasteiger partial charge is 0.175 e. The van der Waals surface area contributed by atoms with Crippen LogP contribution in [0, 0.1) is 0 Å². The number of hydrogen-bond donors (Lipinski definition) is 0. The third-order valence-corrected chi connectivity index (χ3v) is 6.92. The fourth-order valence-corrected chi connectivity index (χ4v) is 5.33. The lowest BCUT2D eigenvalue weighted by Gasteiger charge is -1.92. The molecule has 0 aromatic carbocycles. The Morgan fingerprint density at radius 2 is 2.11 bits per heavy atom. The predicted molar refractivity (Wildman–Crippen MR) is 86.7 cm³/mol. The second-order valence-electron chi connectivity index (χ2n) is 3.48. The molecule has 0 bridgehead atoms. The lowest BCUT2D eigenvalue weighted by Crippen LogP contribution is -1.81. The summed E-state index contributed by atoms with van der Waals surface area (Å²) in [6.45, 7) is 0. The summed E-state index contributed by atoms with van der Waals surface area (Å²) in [7, 11) is 0. The number of thiophene rings is 1. The average molecular weight is 344 g/mol. The molecule has 0 saturated carbocycles. The summed E-state index contributed by atoms with van der Waals surface area (Å²) in [4.78, 5) is 4.65. The number of aromatic nitrogens is 3. The molecule has 0 aliphatic heterocycles. The predicted octanol–water partition coefficient (Wildman–Crippen LogP) is 4.74. The van der Waals surface area contributed by atoms with E-state index in [-0.39, 0.29) is 0 Å². The van der Waals surface area contributed by atoms with E-state index in [4.69, 9.17) is 0 Å². The number of thiazole rings is 1. The Balaban J connectivity index is 1.64. The van der Waals surface area contributed by atoms with Gasteiger partial charge in [-0.3, -0.25) is 0 Å². The van der Waals surface area contributed by atoms with E-state index in [0.29, 0.717) is 0 Å². The van der Waals surface area contributed by atoms with Crippen LogP contribution >= 0.6 is 57.5 Å². The fraction of sp³-hybridized carbons (Fsp3) is 0.182. The highest BCUT2D eigenvalue weighted by atomic mass is 32.2. The largest absolute Gasteiger partial charge is 0.240 e.